The van der Waals surface area contributed by atoms with Crippen LogP contribution in [-0.4, -0.2) is 4.98 Å². The zero-order valence-electron chi connectivity index (χ0n) is 13.5. The van der Waals surface area contributed by atoms with E-state index in [1.165, 1.54) is 0 Å². The predicted molar refractivity (Wildman–Crippen MR) is 103 cm³/mol. The van der Waals surface area contributed by atoms with Crippen molar-refractivity contribution in [3.8, 4) is 22.3 Å². The summed E-state index contributed by atoms with van der Waals surface area (Å²) in [7, 11) is 0. The van der Waals surface area contributed by atoms with Crippen LogP contribution in [0.5, 0.6) is 0 Å². The SMILES string of the molecule is CCc1[c]oc2cc(-c3cccnc3)cc(-c3ccc(Cl)cc3Cl)c12. The molecule has 2 aromatic carbocycles. The number of rotatable bonds is 3. The van der Waals surface area contributed by atoms with Crippen LogP contribution in [0.3, 0.4) is 0 Å². The highest BCUT2D eigenvalue weighted by atomic mass is 35.5. The van der Waals surface area contributed by atoms with E-state index in [1.807, 2.05) is 36.5 Å². The highest BCUT2D eigenvalue weighted by Gasteiger charge is 2.16. The zero-order chi connectivity index (χ0) is 17.4. The molecule has 0 spiro atoms. The average Bonchev–Trinajstić information content (AvgIpc) is 3.05. The maximum atomic E-state index is 6.49. The molecule has 0 aliphatic carbocycles. The second kappa shape index (κ2) is 6.55. The predicted octanol–water partition coefficient (Wildman–Crippen LogP) is 6.83. The fourth-order valence-corrected chi connectivity index (χ4v) is 3.55. The van der Waals surface area contributed by atoms with Gasteiger partial charge in [-0.15, -0.1) is 0 Å². The van der Waals surface area contributed by atoms with Crippen molar-refractivity contribution in [1.29, 1.82) is 0 Å². The Labute approximate surface area is 156 Å². The summed E-state index contributed by atoms with van der Waals surface area (Å²) >= 11 is 12.6. The number of furan rings is 1. The summed E-state index contributed by atoms with van der Waals surface area (Å²) in [6.45, 7) is 2.09. The molecule has 2 nitrogen and oxygen atoms in total. The fraction of sp³-hybridized carbons (Fsp3) is 0.0952. The third-order valence-corrected chi connectivity index (χ3v) is 4.81. The number of halogens is 2. The van der Waals surface area contributed by atoms with Gasteiger partial charge in [0.05, 0.1) is 0 Å². The lowest BCUT2D eigenvalue weighted by atomic mass is 9.94. The molecule has 0 saturated carbocycles. The van der Waals surface area contributed by atoms with Gasteiger partial charge in [-0.3, -0.25) is 4.98 Å². The van der Waals surface area contributed by atoms with Gasteiger partial charge < -0.3 is 4.42 Å². The third-order valence-electron chi connectivity index (χ3n) is 4.26. The Balaban J connectivity index is 2.04. The molecule has 25 heavy (non-hydrogen) atoms. The van der Waals surface area contributed by atoms with E-state index in [1.54, 1.807) is 12.3 Å². The lowest BCUT2D eigenvalue weighted by molar-refractivity contribution is 0.601. The number of nitrogens with zero attached hydrogens (tertiary/aromatic N) is 1. The Kier molecular flexibility index (Phi) is 4.24. The highest BCUT2D eigenvalue weighted by Crippen LogP contribution is 2.40. The van der Waals surface area contributed by atoms with Gasteiger partial charge in [-0.25, -0.2) is 0 Å². The van der Waals surface area contributed by atoms with Crippen molar-refractivity contribution in [2.45, 2.75) is 13.3 Å². The first-order chi connectivity index (χ1) is 12.2. The van der Waals surface area contributed by atoms with E-state index in [2.05, 4.69) is 24.2 Å². The summed E-state index contributed by atoms with van der Waals surface area (Å²) in [6, 6.07) is 13.6. The van der Waals surface area contributed by atoms with Gasteiger partial charge in [-0.05, 0) is 47.9 Å². The number of pyridine rings is 1. The number of hydrogen-bond donors (Lipinski definition) is 0. The van der Waals surface area contributed by atoms with Crippen LogP contribution in [0.1, 0.15) is 12.5 Å². The lowest BCUT2D eigenvalue weighted by Crippen LogP contribution is -1.88. The van der Waals surface area contributed by atoms with Crippen LogP contribution in [0.4, 0.5) is 0 Å². The zero-order valence-corrected chi connectivity index (χ0v) is 15.0. The molecule has 123 valence electrons. The standard InChI is InChI=1S/C21H14Cl2NO/c1-2-13-12-25-20-9-15(14-4-3-7-24-11-14)8-18(21(13)20)17-6-5-16(22)10-19(17)23/h3-11H,2H2,1H3. The second-order valence-electron chi connectivity index (χ2n) is 5.80. The lowest BCUT2D eigenvalue weighted by Gasteiger charge is -2.11. The smallest absolute Gasteiger partial charge is 0.174 e. The van der Waals surface area contributed by atoms with Gasteiger partial charge in [0.2, 0.25) is 0 Å². The molecule has 0 fully saturated rings. The first-order valence-corrected chi connectivity index (χ1v) is 8.76. The van der Waals surface area contributed by atoms with Crippen LogP contribution in [0.25, 0.3) is 33.2 Å². The van der Waals surface area contributed by atoms with E-state index < -0.39 is 0 Å². The molecule has 4 heteroatoms. The molecular weight excluding hydrogens is 353 g/mol. The summed E-state index contributed by atoms with van der Waals surface area (Å²) in [4.78, 5) is 4.21. The van der Waals surface area contributed by atoms with Crippen LogP contribution in [0, 0.1) is 6.26 Å². The van der Waals surface area contributed by atoms with Gasteiger partial charge in [-0.1, -0.05) is 42.3 Å². The molecule has 4 rings (SSSR count). The van der Waals surface area contributed by atoms with Crippen LogP contribution in [0.15, 0.2) is 59.3 Å². The van der Waals surface area contributed by atoms with Gasteiger partial charge in [0.1, 0.15) is 5.58 Å². The van der Waals surface area contributed by atoms with Crippen molar-refractivity contribution in [2.24, 2.45) is 0 Å². The molecule has 0 aliphatic rings. The number of fused-ring (bicyclic) bond motifs is 1. The number of aryl methyl sites for hydroxylation is 1. The van der Waals surface area contributed by atoms with Crippen LogP contribution >= 0.6 is 23.2 Å². The van der Waals surface area contributed by atoms with Crippen molar-refractivity contribution < 1.29 is 4.42 Å². The van der Waals surface area contributed by atoms with Gasteiger partial charge in [-0.2, -0.15) is 0 Å². The summed E-state index contributed by atoms with van der Waals surface area (Å²) in [5, 5.41) is 2.27. The fourth-order valence-electron chi connectivity index (χ4n) is 3.04. The second-order valence-corrected chi connectivity index (χ2v) is 6.64. The van der Waals surface area contributed by atoms with Crippen molar-refractivity contribution in [3.63, 3.8) is 0 Å². The topological polar surface area (TPSA) is 26.0 Å². The maximum Gasteiger partial charge on any atom is 0.174 e. The minimum atomic E-state index is 0.611. The molecule has 0 N–H and O–H groups in total. The van der Waals surface area contributed by atoms with Gasteiger partial charge in [0.15, 0.2) is 6.26 Å². The quantitative estimate of drug-likeness (QED) is 0.397. The Morgan fingerprint density at radius 3 is 2.64 bits per heavy atom. The third kappa shape index (κ3) is 2.92. The molecule has 0 saturated heterocycles. The van der Waals surface area contributed by atoms with E-state index in [4.69, 9.17) is 27.6 Å². The van der Waals surface area contributed by atoms with E-state index in [0.29, 0.717) is 10.0 Å². The van der Waals surface area contributed by atoms with E-state index in [0.717, 1.165) is 45.2 Å². The van der Waals surface area contributed by atoms with Gasteiger partial charge >= 0.3 is 0 Å². The number of hydrogen-bond acceptors (Lipinski definition) is 2. The van der Waals surface area contributed by atoms with Gasteiger partial charge in [0, 0.05) is 44.5 Å². The van der Waals surface area contributed by atoms with Crippen molar-refractivity contribution >= 4 is 34.2 Å². The van der Waals surface area contributed by atoms with Gasteiger partial charge in [0.25, 0.3) is 0 Å². The summed E-state index contributed by atoms with van der Waals surface area (Å²) in [5.74, 6) is 0. The summed E-state index contributed by atoms with van der Waals surface area (Å²) < 4.78 is 5.71. The van der Waals surface area contributed by atoms with E-state index >= 15 is 0 Å². The molecule has 4 aromatic rings. The van der Waals surface area contributed by atoms with Crippen LogP contribution in [-0.2, 0) is 6.42 Å². The molecule has 2 aromatic heterocycles. The number of aromatic nitrogens is 1. The van der Waals surface area contributed by atoms with Crippen LogP contribution in [0.2, 0.25) is 10.0 Å². The Bertz CT molecular complexity index is 1050. The molecule has 0 aliphatic heterocycles. The molecule has 2 heterocycles. The Morgan fingerprint density at radius 1 is 1.04 bits per heavy atom. The normalized spacial score (nSPS) is 11.2. The van der Waals surface area contributed by atoms with E-state index in [9.17, 15) is 0 Å². The number of benzene rings is 2. The Hall–Kier alpha value is -2.29. The molecule has 1 radical (unpaired) electrons. The van der Waals surface area contributed by atoms with Crippen LogP contribution < -0.4 is 0 Å². The summed E-state index contributed by atoms with van der Waals surface area (Å²) in [5.41, 5.74) is 5.80. The van der Waals surface area contributed by atoms with Crippen molar-refractivity contribution in [1.82, 2.24) is 4.98 Å². The molecule has 0 unspecified atom stereocenters. The molecule has 0 bridgehead atoms. The van der Waals surface area contributed by atoms with Crippen molar-refractivity contribution in [3.05, 3.63) is 76.7 Å². The minimum Gasteiger partial charge on any atom is -0.452 e. The summed E-state index contributed by atoms with van der Waals surface area (Å²) in [6.07, 6.45) is 7.45. The average molecular weight is 367 g/mol. The monoisotopic (exact) mass is 366 g/mol. The maximum absolute atomic E-state index is 6.49. The van der Waals surface area contributed by atoms with E-state index in [-0.39, 0.29) is 0 Å². The first kappa shape index (κ1) is 16.2. The molecular formula is C21H14Cl2NO. The molecule has 0 amide bonds. The minimum absolute atomic E-state index is 0.611. The molecule has 0 atom stereocenters. The van der Waals surface area contributed by atoms with Crippen molar-refractivity contribution in [2.75, 3.05) is 0 Å². The highest BCUT2D eigenvalue weighted by molar-refractivity contribution is 6.36. The largest absolute Gasteiger partial charge is 0.452 e. The first-order valence-electron chi connectivity index (χ1n) is 8.00. The Morgan fingerprint density at radius 2 is 1.92 bits per heavy atom.